The van der Waals surface area contributed by atoms with Crippen molar-refractivity contribution in [3.8, 4) is 11.3 Å². The van der Waals surface area contributed by atoms with Crippen LogP contribution in [-0.4, -0.2) is 4.98 Å². The van der Waals surface area contributed by atoms with E-state index in [2.05, 4.69) is 24.9 Å². The molecule has 0 radical (unpaired) electrons. The van der Waals surface area contributed by atoms with E-state index in [4.69, 9.17) is 5.73 Å². The van der Waals surface area contributed by atoms with Crippen LogP contribution in [-0.2, 0) is 0 Å². The summed E-state index contributed by atoms with van der Waals surface area (Å²) in [6.07, 6.45) is 1.81. The number of nitrogens with two attached hydrogens (primary N) is 1. The van der Waals surface area contributed by atoms with E-state index >= 15 is 0 Å². The molecule has 1 aromatic carbocycles. The lowest BCUT2D eigenvalue weighted by Gasteiger charge is -2.14. The molecule has 2 rings (SSSR count). The highest BCUT2D eigenvalue weighted by Crippen LogP contribution is 2.31. The summed E-state index contributed by atoms with van der Waals surface area (Å²) >= 11 is 0. The second-order valence-corrected chi connectivity index (χ2v) is 4.14. The first kappa shape index (κ1) is 10.7. The standard InChI is InChI=1S/C14H16N2/c1-9-8-10(2)14(15)11(3)13(9)12-6-4-5-7-16-12/h4-8H,15H2,1-3H3. The van der Waals surface area contributed by atoms with Gasteiger partial charge in [0.2, 0.25) is 0 Å². The highest BCUT2D eigenvalue weighted by atomic mass is 14.7. The van der Waals surface area contributed by atoms with Gasteiger partial charge in [-0.05, 0) is 49.6 Å². The summed E-state index contributed by atoms with van der Waals surface area (Å²) in [6, 6.07) is 8.05. The van der Waals surface area contributed by atoms with Gasteiger partial charge in [-0.1, -0.05) is 12.1 Å². The van der Waals surface area contributed by atoms with Crippen LogP contribution < -0.4 is 5.73 Å². The first-order valence-electron chi connectivity index (χ1n) is 5.39. The van der Waals surface area contributed by atoms with Crippen molar-refractivity contribution in [1.29, 1.82) is 0 Å². The zero-order valence-corrected chi connectivity index (χ0v) is 9.91. The third-order valence-electron chi connectivity index (χ3n) is 2.95. The molecule has 0 spiro atoms. The summed E-state index contributed by atoms with van der Waals surface area (Å²) in [4.78, 5) is 4.39. The molecule has 0 amide bonds. The summed E-state index contributed by atoms with van der Waals surface area (Å²) in [6.45, 7) is 6.19. The molecular formula is C14H16N2. The van der Waals surface area contributed by atoms with E-state index in [-0.39, 0.29) is 0 Å². The van der Waals surface area contributed by atoms with Crippen LogP contribution in [0.1, 0.15) is 16.7 Å². The molecule has 0 fully saturated rings. The van der Waals surface area contributed by atoms with Gasteiger partial charge < -0.3 is 5.73 Å². The monoisotopic (exact) mass is 212 g/mol. The van der Waals surface area contributed by atoms with Crippen LogP contribution in [0.4, 0.5) is 5.69 Å². The molecule has 82 valence electrons. The molecule has 0 aliphatic rings. The van der Waals surface area contributed by atoms with Gasteiger partial charge in [-0.2, -0.15) is 0 Å². The quantitative estimate of drug-likeness (QED) is 0.737. The van der Waals surface area contributed by atoms with Gasteiger partial charge in [0.15, 0.2) is 0 Å². The number of aryl methyl sites for hydroxylation is 2. The fourth-order valence-corrected chi connectivity index (χ4v) is 2.11. The minimum Gasteiger partial charge on any atom is -0.398 e. The Morgan fingerprint density at radius 1 is 1.06 bits per heavy atom. The molecule has 0 aliphatic carbocycles. The molecule has 2 N–H and O–H groups in total. The number of nitrogens with zero attached hydrogens (tertiary/aromatic N) is 1. The molecule has 1 heterocycles. The molecule has 2 heteroatoms. The summed E-state index contributed by atoms with van der Waals surface area (Å²) < 4.78 is 0. The highest BCUT2D eigenvalue weighted by molar-refractivity contribution is 5.75. The zero-order chi connectivity index (χ0) is 11.7. The molecule has 2 nitrogen and oxygen atoms in total. The Bertz CT molecular complexity index is 516. The highest BCUT2D eigenvalue weighted by Gasteiger charge is 2.10. The lowest BCUT2D eigenvalue weighted by Crippen LogP contribution is -1.99. The molecule has 0 bridgehead atoms. The van der Waals surface area contributed by atoms with Crippen LogP contribution in [0.25, 0.3) is 11.3 Å². The topological polar surface area (TPSA) is 38.9 Å². The number of rotatable bonds is 1. The third-order valence-corrected chi connectivity index (χ3v) is 2.95. The number of hydrogen-bond acceptors (Lipinski definition) is 2. The van der Waals surface area contributed by atoms with Crippen molar-refractivity contribution in [2.45, 2.75) is 20.8 Å². The fraction of sp³-hybridized carbons (Fsp3) is 0.214. The van der Waals surface area contributed by atoms with E-state index in [1.54, 1.807) is 0 Å². The summed E-state index contributed by atoms with van der Waals surface area (Å²) in [5.74, 6) is 0. The maximum Gasteiger partial charge on any atom is 0.0708 e. The van der Waals surface area contributed by atoms with Gasteiger partial charge in [0, 0.05) is 17.4 Å². The predicted molar refractivity (Wildman–Crippen MR) is 68.3 cm³/mol. The third kappa shape index (κ3) is 1.67. The second-order valence-electron chi connectivity index (χ2n) is 4.14. The number of benzene rings is 1. The molecule has 0 saturated carbocycles. The largest absolute Gasteiger partial charge is 0.398 e. The average molecular weight is 212 g/mol. The number of nitrogen functional groups attached to an aromatic ring is 1. The van der Waals surface area contributed by atoms with E-state index in [1.165, 1.54) is 5.56 Å². The van der Waals surface area contributed by atoms with Gasteiger partial charge in [-0.15, -0.1) is 0 Å². The Labute approximate surface area is 96.1 Å². The average Bonchev–Trinajstić information content (AvgIpc) is 2.28. The molecule has 1 aromatic heterocycles. The SMILES string of the molecule is Cc1cc(C)c(-c2ccccn2)c(C)c1N. The number of hydrogen-bond donors (Lipinski definition) is 1. The van der Waals surface area contributed by atoms with Crippen LogP contribution >= 0.6 is 0 Å². The molecule has 0 saturated heterocycles. The molecule has 0 unspecified atom stereocenters. The molecule has 2 aromatic rings. The fourth-order valence-electron chi connectivity index (χ4n) is 2.11. The van der Waals surface area contributed by atoms with Crippen molar-refractivity contribution < 1.29 is 0 Å². The van der Waals surface area contributed by atoms with Crippen LogP contribution in [0.2, 0.25) is 0 Å². The molecule has 16 heavy (non-hydrogen) atoms. The second kappa shape index (κ2) is 3.97. The molecular weight excluding hydrogens is 196 g/mol. The Balaban J connectivity index is 2.71. The van der Waals surface area contributed by atoms with Crippen LogP contribution in [0.15, 0.2) is 30.5 Å². The predicted octanol–water partition coefficient (Wildman–Crippen LogP) is 3.26. The summed E-state index contributed by atoms with van der Waals surface area (Å²) in [7, 11) is 0. The minimum atomic E-state index is 0.867. The van der Waals surface area contributed by atoms with E-state index in [0.717, 1.165) is 28.1 Å². The molecule has 0 aliphatic heterocycles. The summed E-state index contributed by atoms with van der Waals surface area (Å²) in [5, 5.41) is 0. The maximum atomic E-state index is 6.06. The van der Waals surface area contributed by atoms with E-state index < -0.39 is 0 Å². The first-order chi connectivity index (χ1) is 7.61. The van der Waals surface area contributed by atoms with Gasteiger partial charge in [-0.25, -0.2) is 0 Å². The van der Waals surface area contributed by atoms with Crippen molar-refractivity contribution in [3.05, 3.63) is 47.2 Å². The normalized spacial score (nSPS) is 10.4. The maximum absolute atomic E-state index is 6.06. The van der Waals surface area contributed by atoms with Crippen LogP contribution in [0.5, 0.6) is 0 Å². The number of pyridine rings is 1. The molecule has 0 atom stereocenters. The Morgan fingerprint density at radius 3 is 2.44 bits per heavy atom. The Kier molecular flexibility index (Phi) is 2.65. The lowest BCUT2D eigenvalue weighted by molar-refractivity contribution is 1.26. The number of aromatic nitrogens is 1. The van der Waals surface area contributed by atoms with Gasteiger partial charge in [0.05, 0.1) is 5.69 Å². The lowest BCUT2D eigenvalue weighted by atomic mass is 9.95. The van der Waals surface area contributed by atoms with Crippen LogP contribution in [0, 0.1) is 20.8 Å². The minimum absolute atomic E-state index is 0.867. The van der Waals surface area contributed by atoms with Crippen molar-refractivity contribution in [1.82, 2.24) is 4.98 Å². The smallest absolute Gasteiger partial charge is 0.0708 e. The van der Waals surface area contributed by atoms with Gasteiger partial charge in [-0.3, -0.25) is 4.98 Å². The number of anilines is 1. The van der Waals surface area contributed by atoms with E-state index in [0.29, 0.717) is 0 Å². The zero-order valence-electron chi connectivity index (χ0n) is 9.91. The summed E-state index contributed by atoms with van der Waals surface area (Å²) in [5.41, 5.74) is 12.6. The van der Waals surface area contributed by atoms with Gasteiger partial charge >= 0.3 is 0 Å². The van der Waals surface area contributed by atoms with Crippen LogP contribution in [0.3, 0.4) is 0 Å². The van der Waals surface area contributed by atoms with Crippen molar-refractivity contribution in [2.75, 3.05) is 5.73 Å². The van der Waals surface area contributed by atoms with Crippen molar-refractivity contribution in [3.63, 3.8) is 0 Å². The van der Waals surface area contributed by atoms with E-state index in [9.17, 15) is 0 Å². The first-order valence-corrected chi connectivity index (χ1v) is 5.39. The van der Waals surface area contributed by atoms with Crippen molar-refractivity contribution in [2.24, 2.45) is 0 Å². The van der Waals surface area contributed by atoms with E-state index in [1.807, 2.05) is 31.3 Å². The Hall–Kier alpha value is -1.83. The van der Waals surface area contributed by atoms with Gasteiger partial charge in [0.25, 0.3) is 0 Å². The van der Waals surface area contributed by atoms with Crippen molar-refractivity contribution >= 4 is 5.69 Å². The van der Waals surface area contributed by atoms with Gasteiger partial charge in [0.1, 0.15) is 0 Å². The Morgan fingerprint density at radius 2 is 1.81 bits per heavy atom.